The molecule has 0 aliphatic heterocycles. The van der Waals surface area contributed by atoms with Gasteiger partial charge >= 0.3 is 11.9 Å². The molecule has 0 unspecified atom stereocenters. The Hall–Kier alpha value is -3.69. The summed E-state index contributed by atoms with van der Waals surface area (Å²) in [6.45, 7) is 3.68. The van der Waals surface area contributed by atoms with Gasteiger partial charge in [0.15, 0.2) is 0 Å². The van der Waals surface area contributed by atoms with Crippen LogP contribution in [0.15, 0.2) is 29.6 Å². The lowest BCUT2D eigenvalue weighted by Gasteiger charge is -2.08. The third kappa shape index (κ3) is 3.70. The van der Waals surface area contributed by atoms with Crippen LogP contribution in [0.2, 0.25) is 0 Å². The van der Waals surface area contributed by atoms with Gasteiger partial charge in [-0.15, -0.1) is 0 Å². The summed E-state index contributed by atoms with van der Waals surface area (Å²) in [5.74, 6) is -1.28. The number of carbonyl (C=O) groups excluding carboxylic acids is 2. The van der Waals surface area contributed by atoms with Gasteiger partial charge in [-0.25, -0.2) is 9.59 Å². The van der Waals surface area contributed by atoms with E-state index < -0.39 is 11.9 Å². The highest BCUT2D eigenvalue weighted by atomic mass is 16.5. The molecule has 28 heavy (non-hydrogen) atoms. The van der Waals surface area contributed by atoms with Crippen LogP contribution in [0.5, 0.6) is 0 Å². The second kappa shape index (κ2) is 8.33. The van der Waals surface area contributed by atoms with Crippen molar-refractivity contribution in [3.05, 3.63) is 57.7 Å². The number of carbonyl (C=O) groups is 2. The van der Waals surface area contributed by atoms with Gasteiger partial charge in [-0.3, -0.25) is 19.9 Å². The predicted molar refractivity (Wildman–Crippen MR) is 98.0 cm³/mol. The highest BCUT2D eigenvalue weighted by Crippen LogP contribution is 2.23. The van der Waals surface area contributed by atoms with Gasteiger partial charge in [0.1, 0.15) is 0 Å². The number of aromatic nitrogens is 5. The molecule has 146 valence electrons. The molecule has 0 spiro atoms. The van der Waals surface area contributed by atoms with Gasteiger partial charge < -0.3 is 19.6 Å². The first-order valence-electron chi connectivity index (χ1n) is 8.67. The molecule has 10 heteroatoms. The molecule has 10 nitrogen and oxygen atoms in total. The molecular weight excluding hydrogens is 366 g/mol. The third-order valence-corrected chi connectivity index (χ3v) is 3.96. The molecule has 0 saturated carbocycles. The number of hydrogen-bond donors (Lipinski definition) is 3. The topological polar surface area (TPSA) is 143 Å². The molecule has 0 bridgehead atoms. The van der Waals surface area contributed by atoms with Crippen LogP contribution < -0.4 is 5.56 Å². The molecule has 0 fully saturated rings. The number of nitrogens with one attached hydrogen (secondary N) is 3. The van der Waals surface area contributed by atoms with Crippen LogP contribution in [0, 0.1) is 0 Å². The molecular formula is C18H19N5O5. The predicted octanol–water partition coefficient (Wildman–Crippen LogP) is 1.43. The van der Waals surface area contributed by atoms with E-state index >= 15 is 0 Å². The second-order valence-electron chi connectivity index (χ2n) is 5.68. The number of rotatable bonds is 7. The summed E-state index contributed by atoms with van der Waals surface area (Å²) in [7, 11) is 0. The minimum atomic E-state index is -0.647. The first kappa shape index (κ1) is 19.1. The molecule has 3 aromatic rings. The van der Waals surface area contributed by atoms with Crippen molar-refractivity contribution in [3.8, 4) is 11.3 Å². The van der Waals surface area contributed by atoms with E-state index in [4.69, 9.17) is 9.47 Å². The Morgan fingerprint density at radius 3 is 2.43 bits per heavy atom. The largest absolute Gasteiger partial charge is 0.462 e. The van der Waals surface area contributed by atoms with Crippen molar-refractivity contribution in [2.24, 2.45) is 0 Å². The first-order valence-corrected chi connectivity index (χ1v) is 8.67. The minimum Gasteiger partial charge on any atom is -0.462 e. The number of hydrogen-bond acceptors (Lipinski definition) is 7. The minimum absolute atomic E-state index is 0.0832. The third-order valence-electron chi connectivity index (χ3n) is 3.96. The first-order chi connectivity index (χ1) is 13.6. The van der Waals surface area contributed by atoms with Crippen molar-refractivity contribution < 1.29 is 19.1 Å². The number of aromatic amines is 3. The monoisotopic (exact) mass is 385 g/mol. The summed E-state index contributed by atoms with van der Waals surface area (Å²) in [4.78, 5) is 48.1. The van der Waals surface area contributed by atoms with Crippen LogP contribution in [0.4, 0.5) is 0 Å². The lowest BCUT2D eigenvalue weighted by molar-refractivity contribution is 0.0479. The van der Waals surface area contributed by atoms with Gasteiger partial charge in [0.05, 0.1) is 41.3 Å². The lowest BCUT2D eigenvalue weighted by Crippen LogP contribution is -2.14. The van der Waals surface area contributed by atoms with E-state index in [9.17, 15) is 14.4 Å². The fraction of sp³-hybridized carbons (Fsp3) is 0.278. The van der Waals surface area contributed by atoms with E-state index in [1.165, 1.54) is 24.8 Å². The Morgan fingerprint density at radius 2 is 1.75 bits per heavy atom. The molecule has 0 saturated heterocycles. The molecule has 0 aliphatic rings. The number of nitrogens with zero attached hydrogens (tertiary/aromatic N) is 2. The molecule has 3 heterocycles. The van der Waals surface area contributed by atoms with Gasteiger partial charge in [0, 0.05) is 36.9 Å². The maximum absolute atomic E-state index is 12.5. The normalized spacial score (nSPS) is 10.6. The molecule has 0 aromatic carbocycles. The standard InChI is InChI=1S/C18H19N5O5/c1-3-27-17(25)10-8-21-12(14(10)18(26)28-4-2)7-13-15(20-6-5-19-13)11-9-22-23-16(11)24/h5-6,8-9,21H,3-4,7H2,1-2H3,(H2,22,23,24). The van der Waals surface area contributed by atoms with Gasteiger partial charge in [-0.2, -0.15) is 0 Å². The van der Waals surface area contributed by atoms with Crippen molar-refractivity contribution in [2.45, 2.75) is 20.3 Å². The Bertz CT molecular complexity index is 1050. The van der Waals surface area contributed by atoms with Crippen molar-refractivity contribution in [3.63, 3.8) is 0 Å². The summed E-state index contributed by atoms with van der Waals surface area (Å²) in [6, 6.07) is 0. The van der Waals surface area contributed by atoms with Crippen LogP contribution in [0.3, 0.4) is 0 Å². The van der Waals surface area contributed by atoms with Crippen molar-refractivity contribution in [1.29, 1.82) is 0 Å². The fourth-order valence-electron chi connectivity index (χ4n) is 2.78. The highest BCUT2D eigenvalue weighted by molar-refractivity contribution is 6.04. The summed E-state index contributed by atoms with van der Waals surface area (Å²) in [6.07, 6.45) is 5.97. The van der Waals surface area contributed by atoms with Crippen LogP contribution in [0.25, 0.3) is 11.3 Å². The summed E-state index contributed by atoms with van der Waals surface area (Å²) in [5.41, 5.74) is 1.38. The zero-order valence-corrected chi connectivity index (χ0v) is 15.4. The van der Waals surface area contributed by atoms with Crippen LogP contribution in [0.1, 0.15) is 46.0 Å². The summed E-state index contributed by atoms with van der Waals surface area (Å²) in [5, 5.41) is 5.06. The highest BCUT2D eigenvalue weighted by Gasteiger charge is 2.26. The number of esters is 2. The maximum Gasteiger partial charge on any atom is 0.340 e. The molecule has 0 aliphatic carbocycles. The SMILES string of the molecule is CCOC(=O)c1c[nH]c(Cc2nccnc2-c2c[nH][nH]c2=O)c1C(=O)OCC. The summed E-state index contributed by atoms with van der Waals surface area (Å²) < 4.78 is 10.1. The molecule has 0 atom stereocenters. The Balaban J connectivity index is 2.04. The fourth-order valence-corrected chi connectivity index (χ4v) is 2.78. The second-order valence-corrected chi connectivity index (χ2v) is 5.68. The van der Waals surface area contributed by atoms with Crippen LogP contribution >= 0.6 is 0 Å². The molecule has 3 rings (SSSR count). The zero-order valence-electron chi connectivity index (χ0n) is 15.4. The van der Waals surface area contributed by atoms with Crippen molar-refractivity contribution in [1.82, 2.24) is 25.1 Å². The van der Waals surface area contributed by atoms with Crippen LogP contribution in [-0.4, -0.2) is 50.3 Å². The number of ether oxygens (including phenoxy) is 2. The lowest BCUT2D eigenvalue weighted by atomic mass is 10.0. The molecule has 3 aromatic heterocycles. The van der Waals surface area contributed by atoms with Gasteiger partial charge in [0.25, 0.3) is 5.56 Å². The van der Waals surface area contributed by atoms with Crippen molar-refractivity contribution >= 4 is 11.9 Å². The zero-order chi connectivity index (χ0) is 20.1. The average Bonchev–Trinajstić information content (AvgIpc) is 3.29. The smallest absolute Gasteiger partial charge is 0.340 e. The van der Waals surface area contributed by atoms with E-state index in [1.54, 1.807) is 13.8 Å². The Kier molecular flexibility index (Phi) is 5.68. The van der Waals surface area contributed by atoms with Crippen LogP contribution in [-0.2, 0) is 15.9 Å². The van der Waals surface area contributed by atoms with E-state index in [1.807, 2.05) is 0 Å². The molecule has 3 N–H and O–H groups in total. The van der Waals surface area contributed by atoms with Gasteiger partial charge in [-0.05, 0) is 13.8 Å². The van der Waals surface area contributed by atoms with E-state index in [0.717, 1.165) is 0 Å². The van der Waals surface area contributed by atoms with Gasteiger partial charge in [-0.1, -0.05) is 0 Å². The Labute approximate surface area is 159 Å². The van der Waals surface area contributed by atoms with Gasteiger partial charge in [0.2, 0.25) is 0 Å². The Morgan fingerprint density at radius 1 is 1.04 bits per heavy atom. The van der Waals surface area contributed by atoms with E-state index in [0.29, 0.717) is 22.6 Å². The van der Waals surface area contributed by atoms with E-state index in [-0.39, 0.29) is 36.3 Å². The summed E-state index contributed by atoms with van der Waals surface area (Å²) >= 11 is 0. The van der Waals surface area contributed by atoms with Crippen molar-refractivity contribution in [2.75, 3.05) is 13.2 Å². The molecule has 0 amide bonds. The average molecular weight is 385 g/mol. The maximum atomic E-state index is 12.5. The quantitative estimate of drug-likeness (QED) is 0.522. The molecule has 0 radical (unpaired) electrons. The number of H-pyrrole nitrogens is 3. The van der Waals surface area contributed by atoms with E-state index in [2.05, 4.69) is 25.1 Å².